The molecule has 1 aromatic rings. The fourth-order valence-corrected chi connectivity index (χ4v) is 4.08. The second kappa shape index (κ2) is 6.37. The Morgan fingerprint density at radius 2 is 2.05 bits per heavy atom. The standard InChI is InChI=1S/C18H27NO2/c1-21-16-9-10-17-14(12-16)6-5-11-18(17,13-20)19-15-7-3-2-4-8-15/h9-10,12,15,19-20H,2-8,11,13H2,1H3. The van der Waals surface area contributed by atoms with Crippen LogP contribution in [0.2, 0.25) is 0 Å². The van der Waals surface area contributed by atoms with Gasteiger partial charge in [-0.1, -0.05) is 25.3 Å². The summed E-state index contributed by atoms with van der Waals surface area (Å²) in [7, 11) is 1.71. The molecule has 1 aromatic carbocycles. The highest BCUT2D eigenvalue weighted by Gasteiger charge is 2.37. The van der Waals surface area contributed by atoms with Crippen molar-refractivity contribution in [3.8, 4) is 5.75 Å². The molecule has 21 heavy (non-hydrogen) atoms. The topological polar surface area (TPSA) is 41.5 Å². The number of rotatable bonds is 4. The number of hydrogen-bond donors (Lipinski definition) is 2. The van der Waals surface area contributed by atoms with Crippen molar-refractivity contribution in [1.29, 1.82) is 0 Å². The van der Waals surface area contributed by atoms with Crippen LogP contribution in [-0.4, -0.2) is 24.9 Å². The molecule has 0 bridgehead atoms. The number of nitrogens with one attached hydrogen (secondary N) is 1. The summed E-state index contributed by atoms with van der Waals surface area (Å²) in [5.41, 5.74) is 2.36. The van der Waals surface area contributed by atoms with Crippen molar-refractivity contribution in [3.63, 3.8) is 0 Å². The van der Waals surface area contributed by atoms with Gasteiger partial charge in [0.2, 0.25) is 0 Å². The second-order valence-electron chi connectivity index (χ2n) is 6.60. The highest BCUT2D eigenvalue weighted by Crippen LogP contribution is 2.38. The lowest BCUT2D eigenvalue weighted by atomic mass is 9.75. The highest BCUT2D eigenvalue weighted by atomic mass is 16.5. The van der Waals surface area contributed by atoms with Crippen molar-refractivity contribution >= 4 is 0 Å². The van der Waals surface area contributed by atoms with Gasteiger partial charge in [-0.25, -0.2) is 0 Å². The van der Waals surface area contributed by atoms with Gasteiger partial charge in [0, 0.05) is 6.04 Å². The second-order valence-corrected chi connectivity index (χ2v) is 6.60. The van der Waals surface area contributed by atoms with Gasteiger partial charge in [0.15, 0.2) is 0 Å². The number of methoxy groups -OCH3 is 1. The zero-order chi connectivity index (χ0) is 14.7. The Balaban J connectivity index is 1.88. The molecule has 3 nitrogen and oxygen atoms in total. The molecule has 0 amide bonds. The number of aryl methyl sites for hydroxylation is 1. The lowest BCUT2D eigenvalue weighted by Crippen LogP contribution is -2.52. The molecule has 1 unspecified atom stereocenters. The molecular formula is C18H27NO2. The van der Waals surface area contributed by atoms with E-state index in [2.05, 4.69) is 17.4 Å². The van der Waals surface area contributed by atoms with E-state index in [1.807, 2.05) is 6.07 Å². The van der Waals surface area contributed by atoms with Crippen LogP contribution in [0.3, 0.4) is 0 Å². The van der Waals surface area contributed by atoms with Gasteiger partial charge in [0.25, 0.3) is 0 Å². The van der Waals surface area contributed by atoms with E-state index in [4.69, 9.17) is 4.74 Å². The lowest BCUT2D eigenvalue weighted by Gasteiger charge is -2.42. The molecule has 1 atom stereocenters. The molecule has 116 valence electrons. The van der Waals surface area contributed by atoms with Crippen molar-refractivity contribution in [3.05, 3.63) is 29.3 Å². The molecule has 1 saturated carbocycles. The maximum absolute atomic E-state index is 10.2. The van der Waals surface area contributed by atoms with Gasteiger partial charge < -0.3 is 15.2 Å². The smallest absolute Gasteiger partial charge is 0.119 e. The molecule has 2 aliphatic rings. The quantitative estimate of drug-likeness (QED) is 0.894. The third kappa shape index (κ3) is 2.95. The summed E-state index contributed by atoms with van der Waals surface area (Å²) in [5, 5.41) is 14.0. The number of benzene rings is 1. The van der Waals surface area contributed by atoms with Gasteiger partial charge >= 0.3 is 0 Å². The number of fused-ring (bicyclic) bond motifs is 1. The number of hydrogen-bond acceptors (Lipinski definition) is 3. The summed E-state index contributed by atoms with van der Waals surface area (Å²) >= 11 is 0. The molecule has 1 fully saturated rings. The average Bonchev–Trinajstić information content (AvgIpc) is 2.55. The van der Waals surface area contributed by atoms with Gasteiger partial charge in [0.05, 0.1) is 19.3 Å². The van der Waals surface area contributed by atoms with Gasteiger partial charge in [-0.15, -0.1) is 0 Å². The van der Waals surface area contributed by atoms with Crippen molar-refractivity contribution in [2.24, 2.45) is 0 Å². The Morgan fingerprint density at radius 1 is 1.24 bits per heavy atom. The monoisotopic (exact) mass is 289 g/mol. The summed E-state index contributed by atoms with van der Waals surface area (Å²) in [6, 6.07) is 6.87. The molecule has 3 heteroatoms. The first-order valence-corrected chi connectivity index (χ1v) is 8.33. The zero-order valence-electron chi connectivity index (χ0n) is 13.0. The van der Waals surface area contributed by atoms with Crippen LogP contribution in [0, 0.1) is 0 Å². The molecule has 0 radical (unpaired) electrons. The molecule has 2 aliphatic carbocycles. The largest absolute Gasteiger partial charge is 0.497 e. The van der Waals surface area contributed by atoms with Gasteiger partial charge in [0.1, 0.15) is 5.75 Å². The summed E-state index contributed by atoms with van der Waals surface area (Å²) in [6.07, 6.45) is 9.71. The molecule has 3 rings (SSSR count). The first-order valence-electron chi connectivity index (χ1n) is 8.33. The van der Waals surface area contributed by atoms with Crippen LogP contribution in [-0.2, 0) is 12.0 Å². The van der Waals surface area contributed by atoms with Crippen LogP contribution in [0.15, 0.2) is 18.2 Å². The van der Waals surface area contributed by atoms with E-state index in [-0.39, 0.29) is 12.1 Å². The van der Waals surface area contributed by atoms with Crippen LogP contribution < -0.4 is 10.1 Å². The van der Waals surface area contributed by atoms with Crippen molar-refractivity contribution < 1.29 is 9.84 Å². The Bertz CT molecular complexity index is 482. The van der Waals surface area contributed by atoms with Crippen molar-refractivity contribution in [2.45, 2.75) is 62.9 Å². The van der Waals surface area contributed by atoms with Crippen LogP contribution in [0.4, 0.5) is 0 Å². The van der Waals surface area contributed by atoms with Crippen LogP contribution in [0.25, 0.3) is 0 Å². The molecule has 0 heterocycles. The third-order valence-corrected chi connectivity index (χ3v) is 5.23. The summed E-state index contributed by atoms with van der Waals surface area (Å²) in [5.74, 6) is 0.917. The minimum atomic E-state index is -0.248. The van der Waals surface area contributed by atoms with E-state index < -0.39 is 0 Å². The van der Waals surface area contributed by atoms with E-state index in [1.165, 1.54) is 43.2 Å². The summed E-state index contributed by atoms with van der Waals surface area (Å²) in [6.45, 7) is 0.183. The molecular weight excluding hydrogens is 262 g/mol. The fourth-order valence-electron chi connectivity index (χ4n) is 4.08. The van der Waals surface area contributed by atoms with Crippen LogP contribution >= 0.6 is 0 Å². The number of aliphatic hydroxyl groups excluding tert-OH is 1. The highest BCUT2D eigenvalue weighted by molar-refractivity contribution is 5.42. The van der Waals surface area contributed by atoms with Crippen molar-refractivity contribution in [2.75, 3.05) is 13.7 Å². The Morgan fingerprint density at radius 3 is 2.76 bits per heavy atom. The lowest BCUT2D eigenvalue weighted by molar-refractivity contribution is 0.119. The molecule has 0 aromatic heterocycles. The van der Waals surface area contributed by atoms with E-state index in [0.29, 0.717) is 6.04 Å². The minimum absolute atomic E-state index is 0.183. The Labute approximate surface area is 127 Å². The molecule has 0 aliphatic heterocycles. The predicted octanol–water partition coefficient (Wildman–Crippen LogP) is 3.14. The SMILES string of the molecule is COc1ccc2c(c1)CCCC2(CO)NC1CCCCC1. The Kier molecular flexibility index (Phi) is 4.51. The zero-order valence-corrected chi connectivity index (χ0v) is 13.0. The van der Waals surface area contributed by atoms with Crippen LogP contribution in [0.5, 0.6) is 5.75 Å². The maximum Gasteiger partial charge on any atom is 0.119 e. The number of aliphatic hydroxyl groups is 1. The molecule has 2 N–H and O–H groups in total. The average molecular weight is 289 g/mol. The van der Waals surface area contributed by atoms with E-state index in [1.54, 1.807) is 7.11 Å². The Hall–Kier alpha value is -1.06. The fraction of sp³-hybridized carbons (Fsp3) is 0.667. The van der Waals surface area contributed by atoms with Gasteiger partial charge in [-0.05, 0) is 55.4 Å². The van der Waals surface area contributed by atoms with Crippen LogP contribution in [0.1, 0.15) is 56.1 Å². The molecule has 0 saturated heterocycles. The molecule has 0 spiro atoms. The maximum atomic E-state index is 10.2. The summed E-state index contributed by atoms with van der Waals surface area (Å²) in [4.78, 5) is 0. The van der Waals surface area contributed by atoms with E-state index >= 15 is 0 Å². The minimum Gasteiger partial charge on any atom is -0.497 e. The van der Waals surface area contributed by atoms with Gasteiger partial charge in [-0.3, -0.25) is 0 Å². The third-order valence-electron chi connectivity index (χ3n) is 5.23. The van der Waals surface area contributed by atoms with E-state index in [0.717, 1.165) is 25.0 Å². The summed E-state index contributed by atoms with van der Waals surface area (Å²) < 4.78 is 5.35. The normalized spacial score (nSPS) is 26.4. The first kappa shape index (κ1) is 14.9. The number of ether oxygens (including phenoxy) is 1. The van der Waals surface area contributed by atoms with E-state index in [9.17, 15) is 5.11 Å². The van der Waals surface area contributed by atoms with Gasteiger partial charge in [-0.2, -0.15) is 0 Å². The predicted molar refractivity (Wildman–Crippen MR) is 84.7 cm³/mol. The first-order chi connectivity index (χ1) is 10.3. The van der Waals surface area contributed by atoms with Crippen molar-refractivity contribution in [1.82, 2.24) is 5.32 Å².